The van der Waals surface area contributed by atoms with Crippen molar-refractivity contribution in [3.05, 3.63) is 12.3 Å². The highest BCUT2D eigenvalue weighted by atomic mass is 16.5. The Balaban J connectivity index is 3.02. The van der Waals surface area contributed by atoms with Gasteiger partial charge in [0.2, 0.25) is 5.75 Å². The first kappa shape index (κ1) is 10.6. The van der Waals surface area contributed by atoms with E-state index in [0.717, 1.165) is 0 Å². The third-order valence-corrected chi connectivity index (χ3v) is 1.60. The van der Waals surface area contributed by atoms with Gasteiger partial charge in [0.25, 0.3) is 5.88 Å². The first-order valence-corrected chi connectivity index (χ1v) is 4.42. The molecule has 0 saturated carbocycles. The maximum Gasteiger partial charge on any atom is 0.260 e. The average molecular weight is 197 g/mol. The molecule has 14 heavy (non-hydrogen) atoms. The molecule has 0 unspecified atom stereocenters. The molecule has 0 radical (unpaired) electrons. The van der Waals surface area contributed by atoms with Crippen LogP contribution in [0, 0.1) is 0 Å². The van der Waals surface area contributed by atoms with Gasteiger partial charge in [-0.25, -0.2) is 4.98 Å². The predicted molar refractivity (Wildman–Crippen MR) is 53.1 cm³/mol. The molecule has 0 amide bonds. The molecule has 0 N–H and O–H groups in total. The molecular weight excluding hydrogens is 182 g/mol. The molecule has 78 valence electrons. The van der Waals surface area contributed by atoms with Gasteiger partial charge >= 0.3 is 0 Å². The van der Waals surface area contributed by atoms with E-state index in [9.17, 15) is 0 Å². The monoisotopic (exact) mass is 197 g/mol. The molecule has 1 aromatic heterocycles. The van der Waals surface area contributed by atoms with E-state index in [1.54, 1.807) is 26.5 Å². The molecule has 0 aliphatic carbocycles. The SMILES string of the molecule is COc1nccc(OC(C)C)c1OC. The number of methoxy groups -OCH3 is 2. The molecule has 0 bridgehead atoms. The summed E-state index contributed by atoms with van der Waals surface area (Å²) in [5.74, 6) is 1.61. The lowest BCUT2D eigenvalue weighted by atomic mass is 10.4. The molecule has 4 nitrogen and oxygen atoms in total. The molecule has 4 heteroatoms. The summed E-state index contributed by atoms with van der Waals surface area (Å²) in [5, 5.41) is 0. The topological polar surface area (TPSA) is 40.6 Å². The Kier molecular flexibility index (Phi) is 3.56. The van der Waals surface area contributed by atoms with Gasteiger partial charge in [-0.3, -0.25) is 0 Å². The zero-order valence-corrected chi connectivity index (χ0v) is 8.90. The summed E-state index contributed by atoms with van der Waals surface area (Å²) in [7, 11) is 3.11. The van der Waals surface area contributed by atoms with E-state index in [0.29, 0.717) is 17.4 Å². The predicted octanol–water partition coefficient (Wildman–Crippen LogP) is 1.89. The highest BCUT2D eigenvalue weighted by Gasteiger charge is 2.12. The number of hydrogen-bond acceptors (Lipinski definition) is 4. The minimum atomic E-state index is 0.0935. The Morgan fingerprint density at radius 2 is 1.93 bits per heavy atom. The van der Waals surface area contributed by atoms with Crippen LogP contribution in [0.3, 0.4) is 0 Å². The summed E-state index contributed by atoms with van der Waals surface area (Å²) in [4.78, 5) is 4.01. The van der Waals surface area contributed by atoms with Crippen LogP contribution < -0.4 is 14.2 Å². The standard InChI is InChI=1S/C10H15NO3/c1-7(2)14-8-5-6-11-10(13-4)9(8)12-3/h5-7H,1-4H3. The Bertz CT molecular complexity index is 299. The molecule has 0 aromatic carbocycles. The van der Waals surface area contributed by atoms with Crippen LogP contribution in [-0.2, 0) is 0 Å². The van der Waals surface area contributed by atoms with Crippen molar-refractivity contribution in [2.45, 2.75) is 20.0 Å². The van der Waals surface area contributed by atoms with E-state index in [4.69, 9.17) is 14.2 Å². The zero-order chi connectivity index (χ0) is 10.6. The zero-order valence-electron chi connectivity index (χ0n) is 8.90. The van der Waals surface area contributed by atoms with Crippen LogP contribution >= 0.6 is 0 Å². The lowest BCUT2D eigenvalue weighted by molar-refractivity contribution is 0.225. The largest absolute Gasteiger partial charge is 0.489 e. The first-order chi connectivity index (χ1) is 6.69. The molecule has 1 aromatic rings. The van der Waals surface area contributed by atoms with Crippen molar-refractivity contribution < 1.29 is 14.2 Å². The number of ether oxygens (including phenoxy) is 3. The summed E-state index contributed by atoms with van der Waals surface area (Å²) in [6.07, 6.45) is 1.72. The van der Waals surface area contributed by atoms with Crippen LogP contribution in [0.15, 0.2) is 12.3 Å². The summed E-state index contributed by atoms with van der Waals surface area (Å²) in [6, 6.07) is 1.75. The summed E-state index contributed by atoms with van der Waals surface area (Å²) in [5.41, 5.74) is 0. The van der Waals surface area contributed by atoms with Crippen LogP contribution in [0.2, 0.25) is 0 Å². The lowest BCUT2D eigenvalue weighted by Crippen LogP contribution is -2.07. The quantitative estimate of drug-likeness (QED) is 0.739. The average Bonchev–Trinajstić information content (AvgIpc) is 2.16. The first-order valence-electron chi connectivity index (χ1n) is 4.42. The number of hydrogen-bond donors (Lipinski definition) is 0. The van der Waals surface area contributed by atoms with Gasteiger partial charge < -0.3 is 14.2 Å². The van der Waals surface area contributed by atoms with Gasteiger partial charge in [-0.15, -0.1) is 0 Å². The van der Waals surface area contributed by atoms with E-state index in [-0.39, 0.29) is 6.10 Å². The van der Waals surface area contributed by atoms with Crippen LogP contribution in [0.4, 0.5) is 0 Å². The van der Waals surface area contributed by atoms with E-state index >= 15 is 0 Å². The third-order valence-electron chi connectivity index (χ3n) is 1.60. The Morgan fingerprint density at radius 1 is 1.21 bits per heavy atom. The van der Waals surface area contributed by atoms with Gasteiger partial charge in [-0.2, -0.15) is 0 Å². The van der Waals surface area contributed by atoms with Crippen molar-refractivity contribution in [2.75, 3.05) is 14.2 Å². The minimum absolute atomic E-state index is 0.0935. The van der Waals surface area contributed by atoms with E-state index in [1.165, 1.54) is 0 Å². The van der Waals surface area contributed by atoms with E-state index in [1.807, 2.05) is 13.8 Å². The Hall–Kier alpha value is -1.45. The third kappa shape index (κ3) is 2.28. The second-order valence-corrected chi connectivity index (χ2v) is 3.02. The highest BCUT2D eigenvalue weighted by molar-refractivity contribution is 5.46. The molecular formula is C10H15NO3. The molecule has 0 aliphatic heterocycles. The maximum atomic E-state index is 5.53. The van der Waals surface area contributed by atoms with Crippen LogP contribution in [0.1, 0.15) is 13.8 Å². The van der Waals surface area contributed by atoms with Crippen molar-refractivity contribution >= 4 is 0 Å². The van der Waals surface area contributed by atoms with Gasteiger partial charge in [0, 0.05) is 12.3 Å². The summed E-state index contributed by atoms with van der Waals surface area (Å²) >= 11 is 0. The molecule has 1 heterocycles. The molecule has 0 atom stereocenters. The van der Waals surface area contributed by atoms with Crippen molar-refractivity contribution in [1.29, 1.82) is 0 Å². The number of nitrogens with zero attached hydrogens (tertiary/aromatic N) is 1. The fourth-order valence-electron chi connectivity index (χ4n) is 1.09. The molecule has 1 rings (SSSR count). The van der Waals surface area contributed by atoms with Crippen molar-refractivity contribution in [2.24, 2.45) is 0 Å². The van der Waals surface area contributed by atoms with Gasteiger partial charge in [0.1, 0.15) is 0 Å². The number of pyridine rings is 1. The number of aromatic nitrogens is 1. The van der Waals surface area contributed by atoms with Crippen LogP contribution in [0.25, 0.3) is 0 Å². The van der Waals surface area contributed by atoms with Gasteiger partial charge in [-0.05, 0) is 13.8 Å². The normalized spacial score (nSPS) is 10.1. The van der Waals surface area contributed by atoms with Crippen LogP contribution in [-0.4, -0.2) is 25.3 Å². The smallest absolute Gasteiger partial charge is 0.260 e. The number of rotatable bonds is 4. The molecule has 0 saturated heterocycles. The van der Waals surface area contributed by atoms with Crippen LogP contribution in [0.5, 0.6) is 17.4 Å². The summed E-state index contributed by atoms with van der Waals surface area (Å²) < 4.78 is 15.7. The van der Waals surface area contributed by atoms with Gasteiger partial charge in [0.15, 0.2) is 5.75 Å². The molecule has 0 spiro atoms. The Morgan fingerprint density at radius 3 is 2.43 bits per heavy atom. The lowest BCUT2D eigenvalue weighted by Gasteiger charge is -2.14. The van der Waals surface area contributed by atoms with Gasteiger partial charge in [-0.1, -0.05) is 0 Å². The van der Waals surface area contributed by atoms with Crippen molar-refractivity contribution in [3.8, 4) is 17.4 Å². The fourth-order valence-corrected chi connectivity index (χ4v) is 1.09. The minimum Gasteiger partial charge on any atom is -0.489 e. The summed E-state index contributed by atoms with van der Waals surface area (Å²) in [6.45, 7) is 3.90. The van der Waals surface area contributed by atoms with Crippen molar-refractivity contribution in [3.63, 3.8) is 0 Å². The van der Waals surface area contributed by atoms with Crippen molar-refractivity contribution in [1.82, 2.24) is 4.98 Å². The second kappa shape index (κ2) is 4.69. The van der Waals surface area contributed by atoms with Gasteiger partial charge in [0.05, 0.1) is 20.3 Å². The van der Waals surface area contributed by atoms with E-state index in [2.05, 4.69) is 4.98 Å². The second-order valence-electron chi connectivity index (χ2n) is 3.02. The molecule has 0 aliphatic rings. The Labute approximate surface area is 83.8 Å². The van der Waals surface area contributed by atoms with E-state index < -0.39 is 0 Å². The molecule has 0 fully saturated rings. The fraction of sp³-hybridized carbons (Fsp3) is 0.500. The highest BCUT2D eigenvalue weighted by Crippen LogP contribution is 2.34. The maximum absolute atomic E-state index is 5.53.